The molecule has 34 heavy (non-hydrogen) atoms. The lowest BCUT2D eigenvalue weighted by molar-refractivity contribution is 0.187. The summed E-state index contributed by atoms with van der Waals surface area (Å²) < 4.78 is 0. The van der Waals surface area contributed by atoms with Gasteiger partial charge in [0.25, 0.3) is 0 Å². The fraction of sp³-hybridized carbons (Fsp3) is 0.333. The Morgan fingerprint density at radius 3 is 2.50 bits per heavy atom. The number of aryl methyl sites for hydroxylation is 2. The minimum absolute atomic E-state index is 0.146. The molecule has 2 aromatic heterocycles. The van der Waals surface area contributed by atoms with Crippen LogP contribution in [0.4, 0.5) is 5.95 Å². The molecule has 4 aromatic rings. The summed E-state index contributed by atoms with van der Waals surface area (Å²) in [5.41, 5.74) is 13.8. The number of rotatable bonds is 1. The Labute approximate surface area is 199 Å². The highest BCUT2D eigenvalue weighted by Gasteiger charge is 2.46. The van der Waals surface area contributed by atoms with Gasteiger partial charge in [-0.15, -0.1) is 0 Å². The van der Waals surface area contributed by atoms with E-state index >= 15 is 0 Å². The molecule has 3 N–H and O–H groups in total. The zero-order valence-corrected chi connectivity index (χ0v) is 19.6. The number of piperidine rings is 1. The van der Waals surface area contributed by atoms with E-state index in [1.54, 1.807) is 6.20 Å². The van der Waals surface area contributed by atoms with Gasteiger partial charge in [0.05, 0.1) is 23.5 Å². The van der Waals surface area contributed by atoms with Gasteiger partial charge < -0.3 is 15.6 Å². The van der Waals surface area contributed by atoms with Gasteiger partial charge in [0.2, 0.25) is 5.95 Å². The number of fused-ring (bicyclic) bond motifs is 2. The van der Waals surface area contributed by atoms with Crippen LogP contribution in [-0.4, -0.2) is 33.0 Å². The highest BCUT2D eigenvalue weighted by Crippen LogP contribution is 2.50. The number of aromatic amines is 1. The van der Waals surface area contributed by atoms with Gasteiger partial charge in [0, 0.05) is 19.1 Å². The highest BCUT2D eigenvalue weighted by molar-refractivity contribution is 5.69. The van der Waals surface area contributed by atoms with E-state index in [0.717, 1.165) is 60.8 Å². The average Bonchev–Trinajstić information content (AvgIpc) is 3.39. The Bertz CT molecular complexity index is 1360. The number of hydrogen-bond acceptors (Lipinski definition) is 6. The summed E-state index contributed by atoms with van der Waals surface area (Å²) in [5, 5.41) is 8.47. The molecule has 3 heterocycles. The van der Waals surface area contributed by atoms with E-state index < -0.39 is 0 Å². The van der Waals surface area contributed by atoms with Gasteiger partial charge in [-0.05, 0) is 61.3 Å². The molecule has 0 radical (unpaired) electrons. The summed E-state index contributed by atoms with van der Waals surface area (Å²) >= 11 is 0. The number of nitrogens with zero attached hydrogens (tertiary/aromatic N) is 5. The van der Waals surface area contributed by atoms with Gasteiger partial charge in [-0.1, -0.05) is 42.5 Å². The first-order valence-electron chi connectivity index (χ1n) is 11.7. The van der Waals surface area contributed by atoms with Gasteiger partial charge in [0.1, 0.15) is 0 Å². The van der Waals surface area contributed by atoms with Crippen LogP contribution in [0.15, 0.2) is 54.7 Å². The van der Waals surface area contributed by atoms with Crippen molar-refractivity contribution in [3.8, 4) is 6.07 Å². The van der Waals surface area contributed by atoms with Gasteiger partial charge in [-0.2, -0.15) is 10.2 Å². The molecule has 2 aliphatic rings. The van der Waals surface area contributed by atoms with E-state index in [0.29, 0.717) is 5.65 Å². The minimum atomic E-state index is 0.146. The zero-order chi connectivity index (χ0) is 23.7. The monoisotopic (exact) mass is 451 g/mol. The average molecular weight is 452 g/mol. The predicted molar refractivity (Wildman–Crippen MR) is 133 cm³/mol. The van der Waals surface area contributed by atoms with Crippen molar-refractivity contribution in [3.05, 3.63) is 82.7 Å². The Morgan fingerprint density at radius 1 is 1.06 bits per heavy atom. The molecular weight excluding hydrogens is 422 g/mol. The smallest absolute Gasteiger partial charge is 0.206 e. The Morgan fingerprint density at radius 2 is 1.79 bits per heavy atom. The third-order valence-electron chi connectivity index (χ3n) is 7.23. The third kappa shape index (κ3) is 4.02. The van der Waals surface area contributed by atoms with Crippen molar-refractivity contribution in [2.45, 2.75) is 39.2 Å². The quantitative estimate of drug-likeness (QED) is 0.445. The fourth-order valence-electron chi connectivity index (χ4n) is 5.19. The molecule has 1 atom stereocenters. The number of nitrogens with one attached hydrogen (secondary N) is 1. The fourth-order valence-corrected chi connectivity index (χ4v) is 5.19. The minimum Gasteiger partial charge on any atom is -0.342 e. The van der Waals surface area contributed by atoms with Crippen LogP contribution < -0.4 is 10.6 Å². The lowest BCUT2D eigenvalue weighted by atomic mass is 9.73. The number of benzene rings is 2. The van der Waals surface area contributed by atoms with Crippen molar-refractivity contribution in [2.24, 2.45) is 11.1 Å². The zero-order valence-electron chi connectivity index (χ0n) is 19.6. The van der Waals surface area contributed by atoms with Gasteiger partial charge in [0.15, 0.2) is 11.3 Å². The Kier molecular flexibility index (Phi) is 5.76. The van der Waals surface area contributed by atoms with Crippen LogP contribution in [-0.2, 0) is 6.42 Å². The van der Waals surface area contributed by atoms with Gasteiger partial charge in [-0.3, -0.25) is 0 Å². The number of aromatic nitrogens is 4. The van der Waals surface area contributed by atoms with Crippen LogP contribution in [0.3, 0.4) is 0 Å². The summed E-state index contributed by atoms with van der Waals surface area (Å²) in [5.74, 6) is 0.875. The van der Waals surface area contributed by atoms with Crippen molar-refractivity contribution in [1.82, 2.24) is 19.9 Å². The summed E-state index contributed by atoms with van der Waals surface area (Å²) in [7, 11) is 0. The predicted octanol–water partition coefficient (Wildman–Crippen LogP) is 4.37. The summed E-state index contributed by atoms with van der Waals surface area (Å²) in [6.07, 6.45) is 5.02. The van der Waals surface area contributed by atoms with Crippen LogP contribution in [0.2, 0.25) is 0 Å². The van der Waals surface area contributed by atoms with E-state index in [1.807, 2.05) is 38.1 Å². The second kappa shape index (κ2) is 8.88. The van der Waals surface area contributed by atoms with Crippen LogP contribution in [0.1, 0.15) is 46.8 Å². The molecule has 7 heteroatoms. The van der Waals surface area contributed by atoms with Crippen molar-refractivity contribution >= 4 is 17.2 Å². The summed E-state index contributed by atoms with van der Waals surface area (Å²) in [6.45, 7) is 5.79. The summed E-state index contributed by atoms with van der Waals surface area (Å²) in [4.78, 5) is 19.1. The molecule has 1 spiro atoms. The molecule has 1 fully saturated rings. The van der Waals surface area contributed by atoms with Crippen molar-refractivity contribution in [1.29, 1.82) is 5.26 Å². The number of anilines is 1. The molecule has 172 valence electrons. The Balaban J connectivity index is 0.000000227. The third-order valence-corrected chi connectivity index (χ3v) is 7.23. The number of hydrogen-bond donors (Lipinski definition) is 2. The molecule has 1 saturated heterocycles. The lowest BCUT2D eigenvalue weighted by Crippen LogP contribution is -2.44. The molecule has 2 aromatic carbocycles. The maximum atomic E-state index is 8.47. The SMILES string of the molecule is Cc1ccccc1C#N.Cc1cnc2nc(N3CCC4(CC3)Cc3ccccc3[C@H]4N)[nH]c2n1. The second-order valence-corrected chi connectivity index (χ2v) is 9.37. The molecule has 0 unspecified atom stereocenters. The van der Waals surface area contributed by atoms with Gasteiger partial charge >= 0.3 is 0 Å². The van der Waals surface area contributed by atoms with Crippen LogP contribution >= 0.6 is 0 Å². The second-order valence-electron chi connectivity index (χ2n) is 9.37. The molecule has 6 rings (SSSR count). The van der Waals surface area contributed by atoms with E-state index in [2.05, 4.69) is 55.2 Å². The standard InChI is InChI=1S/C19H22N6.C8H7N/c1-12-11-21-16-17(22-12)24-18(23-16)25-8-6-19(7-9-25)10-13-4-2-3-5-14(13)15(19)20;1-7-4-2-3-5-8(7)6-9/h2-5,11,15H,6-10,20H2,1H3,(H,21,22,23,24);2-5H,1H3/t15-;/m1./s1. The first-order valence-corrected chi connectivity index (χ1v) is 11.7. The number of imidazole rings is 1. The van der Waals surface area contributed by atoms with E-state index in [4.69, 9.17) is 11.0 Å². The van der Waals surface area contributed by atoms with Crippen molar-refractivity contribution < 1.29 is 0 Å². The normalized spacial score (nSPS) is 18.3. The van der Waals surface area contributed by atoms with E-state index in [1.165, 1.54) is 11.1 Å². The van der Waals surface area contributed by atoms with Crippen LogP contribution in [0.25, 0.3) is 11.3 Å². The maximum absolute atomic E-state index is 8.47. The number of H-pyrrole nitrogens is 1. The Hall–Kier alpha value is -3.76. The largest absolute Gasteiger partial charge is 0.342 e. The molecular formula is C27H29N7. The van der Waals surface area contributed by atoms with E-state index in [-0.39, 0.29) is 11.5 Å². The molecule has 0 bridgehead atoms. The first kappa shape index (κ1) is 22.1. The molecule has 1 aliphatic carbocycles. The molecule has 0 amide bonds. The van der Waals surface area contributed by atoms with Crippen LogP contribution in [0, 0.1) is 30.6 Å². The summed E-state index contributed by atoms with van der Waals surface area (Å²) in [6, 6.07) is 18.4. The van der Waals surface area contributed by atoms with Crippen LogP contribution in [0.5, 0.6) is 0 Å². The highest BCUT2D eigenvalue weighted by atomic mass is 15.3. The number of nitrogens with two attached hydrogens (primary N) is 1. The van der Waals surface area contributed by atoms with Crippen molar-refractivity contribution in [3.63, 3.8) is 0 Å². The van der Waals surface area contributed by atoms with E-state index in [9.17, 15) is 0 Å². The lowest BCUT2D eigenvalue weighted by Gasteiger charge is -2.42. The molecule has 0 saturated carbocycles. The number of nitriles is 1. The maximum Gasteiger partial charge on any atom is 0.206 e. The first-order chi connectivity index (χ1) is 16.5. The topological polar surface area (TPSA) is 108 Å². The van der Waals surface area contributed by atoms with Gasteiger partial charge in [-0.25, -0.2) is 9.97 Å². The molecule has 1 aliphatic heterocycles. The van der Waals surface area contributed by atoms with Crippen molar-refractivity contribution in [2.75, 3.05) is 18.0 Å². The molecule has 7 nitrogen and oxygen atoms in total.